The molecule has 0 fully saturated rings. The summed E-state index contributed by atoms with van der Waals surface area (Å²) in [6.45, 7) is 1.29. The van der Waals surface area contributed by atoms with Crippen molar-refractivity contribution >= 4 is 22.9 Å². The summed E-state index contributed by atoms with van der Waals surface area (Å²) >= 11 is 4.87. The number of hydrogen-bond donors (Lipinski definition) is 2. The second kappa shape index (κ2) is 5.71. The molecule has 19 heavy (non-hydrogen) atoms. The van der Waals surface area contributed by atoms with Gasteiger partial charge in [-0.25, -0.2) is 0 Å². The maximum Gasteiger partial charge on any atom is 0.416 e. The topological polar surface area (TPSA) is 56.0 Å². The molecule has 0 unspecified atom stereocenters. The molecule has 1 aromatic rings. The van der Waals surface area contributed by atoms with E-state index < -0.39 is 11.7 Å². The Kier molecular flexibility index (Phi) is 4.51. The van der Waals surface area contributed by atoms with Crippen molar-refractivity contribution in [3.8, 4) is 6.07 Å². The van der Waals surface area contributed by atoms with Crippen molar-refractivity contribution in [1.29, 1.82) is 5.26 Å². The van der Waals surface area contributed by atoms with Gasteiger partial charge in [-0.2, -0.15) is 18.4 Å². The summed E-state index contributed by atoms with van der Waals surface area (Å²) in [5.74, 6) is -0.257. The molecule has 0 aliphatic heterocycles. The Labute approximate surface area is 113 Å². The Hall–Kier alpha value is -2.07. The smallest absolute Gasteiger partial charge is 0.416 e. The third-order valence-electron chi connectivity index (χ3n) is 2.17. The largest absolute Gasteiger partial charge is 0.511 e. The molecule has 3 nitrogen and oxygen atoms in total. The van der Waals surface area contributed by atoms with Gasteiger partial charge in [-0.1, -0.05) is 12.2 Å². The minimum absolute atomic E-state index is 0.0535. The van der Waals surface area contributed by atoms with Crippen molar-refractivity contribution in [3.63, 3.8) is 0 Å². The highest BCUT2D eigenvalue weighted by atomic mass is 32.1. The van der Waals surface area contributed by atoms with Crippen LogP contribution in [0.25, 0.3) is 0 Å². The first-order valence-electron chi connectivity index (χ1n) is 5.04. The summed E-state index contributed by atoms with van der Waals surface area (Å²) in [6.07, 6.45) is -4.40. The Bertz CT molecular complexity index is 552. The fraction of sp³-hybridized carbons (Fsp3) is 0.167. The molecule has 0 radical (unpaired) electrons. The van der Waals surface area contributed by atoms with Gasteiger partial charge in [-0.05, 0) is 31.2 Å². The van der Waals surface area contributed by atoms with Crippen LogP contribution in [0.1, 0.15) is 12.5 Å². The van der Waals surface area contributed by atoms with Crippen LogP contribution in [0.15, 0.2) is 35.6 Å². The lowest BCUT2D eigenvalue weighted by Crippen LogP contribution is -2.13. The number of thiocarbonyl (C=S) groups is 1. The number of nitriles is 1. The summed E-state index contributed by atoms with van der Waals surface area (Å²) in [4.78, 5) is -0.0535. The average molecular weight is 286 g/mol. The second-order valence-electron chi connectivity index (χ2n) is 3.60. The number of halogens is 3. The Morgan fingerprint density at radius 1 is 1.32 bits per heavy atom. The van der Waals surface area contributed by atoms with Gasteiger partial charge in [0.05, 0.1) is 5.56 Å². The first-order chi connectivity index (χ1) is 8.75. The first-order valence-corrected chi connectivity index (χ1v) is 5.45. The number of aliphatic hydroxyl groups excluding tert-OH is 1. The van der Waals surface area contributed by atoms with Crippen LogP contribution in [0.2, 0.25) is 0 Å². The SMILES string of the molecule is C/C(O)=C(\C#N)C(=S)Nc1ccc(C(F)(F)F)cc1. The Morgan fingerprint density at radius 3 is 2.21 bits per heavy atom. The molecule has 0 amide bonds. The molecule has 0 saturated carbocycles. The Morgan fingerprint density at radius 2 is 1.84 bits per heavy atom. The zero-order valence-corrected chi connectivity index (χ0v) is 10.6. The van der Waals surface area contributed by atoms with Crippen LogP contribution in [-0.4, -0.2) is 10.1 Å². The van der Waals surface area contributed by atoms with Crippen molar-refractivity contribution in [1.82, 2.24) is 0 Å². The zero-order chi connectivity index (χ0) is 14.6. The molecule has 100 valence electrons. The average Bonchev–Trinajstić information content (AvgIpc) is 2.28. The lowest BCUT2D eigenvalue weighted by atomic mass is 10.2. The van der Waals surface area contributed by atoms with Gasteiger partial charge in [0.1, 0.15) is 22.4 Å². The fourth-order valence-electron chi connectivity index (χ4n) is 1.23. The van der Waals surface area contributed by atoms with E-state index in [1.54, 1.807) is 6.07 Å². The fourth-order valence-corrected chi connectivity index (χ4v) is 1.54. The number of rotatable bonds is 2. The minimum atomic E-state index is -4.40. The number of hydrogen-bond acceptors (Lipinski definition) is 3. The lowest BCUT2D eigenvalue weighted by molar-refractivity contribution is -0.137. The van der Waals surface area contributed by atoms with Gasteiger partial charge >= 0.3 is 6.18 Å². The first kappa shape index (κ1) is 15.0. The van der Waals surface area contributed by atoms with E-state index >= 15 is 0 Å². The molecule has 2 N–H and O–H groups in total. The molecule has 0 bridgehead atoms. The van der Waals surface area contributed by atoms with Crippen LogP contribution >= 0.6 is 12.2 Å². The number of benzene rings is 1. The minimum Gasteiger partial charge on any atom is -0.511 e. The van der Waals surface area contributed by atoms with Gasteiger partial charge in [-0.15, -0.1) is 0 Å². The van der Waals surface area contributed by atoms with Crippen molar-refractivity contribution in [2.45, 2.75) is 13.1 Å². The highest BCUT2D eigenvalue weighted by Gasteiger charge is 2.29. The van der Waals surface area contributed by atoms with E-state index in [-0.39, 0.29) is 16.3 Å². The Balaban J connectivity index is 2.89. The number of allylic oxidation sites excluding steroid dienone is 1. The zero-order valence-electron chi connectivity index (χ0n) is 9.75. The van der Waals surface area contributed by atoms with Crippen LogP contribution in [0.3, 0.4) is 0 Å². The molecule has 0 aromatic heterocycles. The summed E-state index contributed by atoms with van der Waals surface area (Å²) in [5.41, 5.74) is -0.611. The molecule has 0 aliphatic carbocycles. The maximum atomic E-state index is 12.3. The second-order valence-corrected chi connectivity index (χ2v) is 4.01. The lowest BCUT2D eigenvalue weighted by Gasteiger charge is -2.10. The molecular formula is C12H9F3N2OS. The predicted octanol–water partition coefficient (Wildman–Crippen LogP) is 3.80. The monoisotopic (exact) mass is 286 g/mol. The van der Waals surface area contributed by atoms with Crippen LogP contribution in [0.5, 0.6) is 0 Å². The van der Waals surface area contributed by atoms with E-state index in [0.717, 1.165) is 12.1 Å². The number of alkyl halides is 3. The third kappa shape index (κ3) is 3.96. The molecule has 7 heteroatoms. The number of anilines is 1. The van der Waals surface area contributed by atoms with Gasteiger partial charge in [0.15, 0.2) is 0 Å². The van der Waals surface area contributed by atoms with Crippen molar-refractivity contribution < 1.29 is 18.3 Å². The predicted molar refractivity (Wildman–Crippen MR) is 68.6 cm³/mol. The normalized spacial score (nSPS) is 12.4. The highest BCUT2D eigenvalue weighted by molar-refractivity contribution is 7.81. The van der Waals surface area contributed by atoms with Crippen LogP contribution < -0.4 is 5.32 Å². The third-order valence-corrected chi connectivity index (χ3v) is 2.48. The molecule has 0 saturated heterocycles. The van der Waals surface area contributed by atoms with Gasteiger partial charge in [-0.3, -0.25) is 0 Å². The molecule has 1 rings (SSSR count). The van der Waals surface area contributed by atoms with Crippen molar-refractivity contribution in [2.75, 3.05) is 5.32 Å². The summed E-state index contributed by atoms with van der Waals surface area (Å²) in [5, 5.41) is 20.5. The van der Waals surface area contributed by atoms with E-state index in [1.807, 2.05) is 0 Å². The van der Waals surface area contributed by atoms with Crippen LogP contribution in [0.4, 0.5) is 18.9 Å². The van der Waals surface area contributed by atoms with Gasteiger partial charge < -0.3 is 10.4 Å². The van der Waals surface area contributed by atoms with Gasteiger partial charge in [0.2, 0.25) is 0 Å². The number of nitrogens with one attached hydrogen (secondary N) is 1. The molecule has 0 spiro atoms. The van der Waals surface area contributed by atoms with Gasteiger partial charge in [0, 0.05) is 5.69 Å². The highest BCUT2D eigenvalue weighted by Crippen LogP contribution is 2.29. The van der Waals surface area contributed by atoms with E-state index in [2.05, 4.69) is 5.32 Å². The molecular weight excluding hydrogens is 277 g/mol. The molecule has 0 atom stereocenters. The van der Waals surface area contributed by atoms with Crippen LogP contribution in [-0.2, 0) is 6.18 Å². The van der Waals surface area contributed by atoms with Crippen molar-refractivity contribution in [2.24, 2.45) is 0 Å². The maximum absolute atomic E-state index is 12.3. The van der Waals surface area contributed by atoms with E-state index in [0.29, 0.717) is 5.69 Å². The summed E-state index contributed by atoms with van der Waals surface area (Å²) in [7, 11) is 0. The van der Waals surface area contributed by atoms with Crippen LogP contribution in [0, 0.1) is 11.3 Å². The van der Waals surface area contributed by atoms with Gasteiger partial charge in [0.25, 0.3) is 0 Å². The molecule has 0 aliphatic rings. The number of nitrogens with zero attached hydrogens (tertiary/aromatic N) is 1. The summed E-state index contributed by atoms with van der Waals surface area (Å²) < 4.78 is 37.0. The molecule has 0 heterocycles. The van der Waals surface area contributed by atoms with E-state index in [9.17, 15) is 18.3 Å². The quantitative estimate of drug-likeness (QED) is 0.376. The van der Waals surface area contributed by atoms with E-state index in [1.165, 1.54) is 19.1 Å². The standard InChI is InChI=1S/C12H9F3N2OS/c1-7(18)10(6-16)11(19)17-9-4-2-8(3-5-9)12(13,14)15/h2-5,18H,1H3,(H,17,19)/b10-7-. The summed E-state index contributed by atoms with van der Waals surface area (Å²) in [6, 6.07) is 5.88. The number of aliphatic hydroxyl groups is 1. The van der Waals surface area contributed by atoms with Crippen molar-refractivity contribution in [3.05, 3.63) is 41.2 Å². The molecule has 1 aromatic carbocycles. The van der Waals surface area contributed by atoms with E-state index in [4.69, 9.17) is 17.5 Å².